The number of hydrogen-bond donors (Lipinski definition) is 6. The third kappa shape index (κ3) is 8460. The zero-order valence-corrected chi connectivity index (χ0v) is 14.3. The molecule has 0 aliphatic heterocycles. The van der Waals surface area contributed by atoms with Crippen molar-refractivity contribution in [2.24, 2.45) is 0 Å². The van der Waals surface area contributed by atoms with Crippen LogP contribution in [0.1, 0.15) is 41.5 Å². The Bertz CT molecular complexity index is 138. The van der Waals surface area contributed by atoms with Crippen LogP contribution in [0.4, 0.5) is 0 Å². The van der Waals surface area contributed by atoms with Crippen LogP contribution in [0, 0.1) is 0 Å². The van der Waals surface area contributed by atoms with Crippen molar-refractivity contribution in [2.45, 2.75) is 41.5 Å². The molecular weight excluding hydrogens is 293 g/mol. The Balaban J connectivity index is -0.0000000238. The fourth-order valence-electron chi connectivity index (χ4n) is 0. The molecule has 11 heteroatoms. The van der Waals surface area contributed by atoms with Gasteiger partial charge in [-0.15, -0.1) is 0 Å². The number of phosphoric acid groups is 2. The van der Waals surface area contributed by atoms with Crippen molar-refractivity contribution in [3.05, 3.63) is 0 Å². The van der Waals surface area contributed by atoms with Gasteiger partial charge in [0.25, 0.3) is 0 Å². The average Bonchev–Trinajstić information content (AvgIpc) is 2.08. The molecule has 0 saturated carbocycles. The van der Waals surface area contributed by atoms with Crippen LogP contribution in [0.3, 0.4) is 0 Å². The predicted octanol–water partition coefficient (Wildman–Crippen LogP) is 1.28. The van der Waals surface area contributed by atoms with E-state index in [1.54, 1.807) is 0 Å². The zero-order valence-electron chi connectivity index (χ0n) is 11.1. The van der Waals surface area contributed by atoms with Crippen molar-refractivity contribution in [1.82, 2.24) is 0 Å². The Labute approximate surface area is 106 Å². The SMILES string of the molecule is CC.CC.CC.O=P(O)(O)O.O=P(O)(O)O.P. The van der Waals surface area contributed by atoms with Crippen molar-refractivity contribution >= 4 is 25.5 Å². The first-order valence-electron chi connectivity index (χ1n) is 4.57. The van der Waals surface area contributed by atoms with Crippen LogP contribution in [0.25, 0.3) is 0 Å². The second-order valence-corrected chi connectivity index (χ2v) is 3.08. The molecule has 0 bridgehead atoms. The van der Waals surface area contributed by atoms with Gasteiger partial charge in [0.05, 0.1) is 0 Å². The van der Waals surface area contributed by atoms with Gasteiger partial charge in [0.1, 0.15) is 0 Å². The Morgan fingerprint density at radius 1 is 0.529 bits per heavy atom. The summed E-state index contributed by atoms with van der Waals surface area (Å²) in [6.07, 6.45) is 0. The lowest BCUT2D eigenvalue weighted by atomic mass is 11.0. The van der Waals surface area contributed by atoms with E-state index in [2.05, 4.69) is 0 Å². The molecule has 0 rings (SSSR count). The lowest BCUT2D eigenvalue weighted by molar-refractivity contribution is 0.272. The van der Waals surface area contributed by atoms with Crippen molar-refractivity contribution in [2.75, 3.05) is 0 Å². The van der Waals surface area contributed by atoms with Crippen LogP contribution in [-0.2, 0) is 9.13 Å². The summed E-state index contributed by atoms with van der Waals surface area (Å²) in [5.74, 6) is 0. The molecule has 0 aromatic rings. The molecule has 0 spiro atoms. The van der Waals surface area contributed by atoms with Crippen molar-refractivity contribution in [3.63, 3.8) is 0 Å². The van der Waals surface area contributed by atoms with Crippen molar-refractivity contribution in [3.8, 4) is 0 Å². The Morgan fingerprint density at radius 2 is 0.529 bits per heavy atom. The van der Waals surface area contributed by atoms with Crippen LogP contribution in [-0.4, -0.2) is 29.4 Å². The molecule has 0 aromatic carbocycles. The number of hydrogen-bond acceptors (Lipinski definition) is 2. The largest absolute Gasteiger partial charge is 0.466 e. The number of rotatable bonds is 0. The lowest BCUT2D eigenvalue weighted by Crippen LogP contribution is -1.66. The highest BCUT2D eigenvalue weighted by Gasteiger charge is 2.00. The van der Waals surface area contributed by atoms with Crippen LogP contribution in [0.2, 0.25) is 0 Å². The maximum Gasteiger partial charge on any atom is 0.466 e. The van der Waals surface area contributed by atoms with Crippen LogP contribution >= 0.6 is 25.5 Å². The quantitative estimate of drug-likeness (QED) is 0.364. The van der Waals surface area contributed by atoms with Gasteiger partial charge in [0.15, 0.2) is 0 Å². The van der Waals surface area contributed by atoms with Crippen LogP contribution < -0.4 is 0 Å². The predicted molar refractivity (Wildman–Crippen MR) is 73.7 cm³/mol. The molecule has 0 saturated heterocycles. The molecule has 1 atom stereocenters. The minimum Gasteiger partial charge on any atom is -0.303 e. The molecule has 0 aliphatic rings. The van der Waals surface area contributed by atoms with Gasteiger partial charge in [-0.3, -0.25) is 0 Å². The lowest BCUT2D eigenvalue weighted by Gasteiger charge is -1.82. The van der Waals surface area contributed by atoms with E-state index in [1.165, 1.54) is 0 Å². The second kappa shape index (κ2) is 25.5. The molecule has 0 heterocycles. The molecule has 0 fully saturated rings. The molecule has 0 aromatic heterocycles. The van der Waals surface area contributed by atoms with Gasteiger partial charge in [-0.25, -0.2) is 9.13 Å². The summed E-state index contributed by atoms with van der Waals surface area (Å²) in [7, 11) is -9.28. The summed E-state index contributed by atoms with van der Waals surface area (Å²) >= 11 is 0. The van der Waals surface area contributed by atoms with Gasteiger partial charge in [0, 0.05) is 0 Å². The molecule has 114 valence electrons. The molecule has 0 amide bonds. The normalized spacial score (nSPS) is 8.00. The summed E-state index contributed by atoms with van der Waals surface area (Å²) in [5.41, 5.74) is 0. The highest BCUT2D eigenvalue weighted by atomic mass is 31.2. The highest BCUT2D eigenvalue weighted by molar-refractivity contribution is 7.45. The van der Waals surface area contributed by atoms with E-state index >= 15 is 0 Å². The summed E-state index contributed by atoms with van der Waals surface area (Å²) in [4.78, 5) is 43.1. The van der Waals surface area contributed by atoms with Gasteiger partial charge in [0.2, 0.25) is 0 Å². The van der Waals surface area contributed by atoms with Gasteiger partial charge in [-0.05, 0) is 0 Å². The molecule has 0 radical (unpaired) electrons. The molecule has 0 aliphatic carbocycles. The summed E-state index contributed by atoms with van der Waals surface area (Å²) < 4.78 is 17.8. The molecule has 1 unspecified atom stereocenters. The van der Waals surface area contributed by atoms with Crippen LogP contribution in [0.5, 0.6) is 0 Å². The molecule has 6 N–H and O–H groups in total. The first kappa shape index (κ1) is 36.1. The smallest absolute Gasteiger partial charge is 0.303 e. The maximum atomic E-state index is 8.88. The summed E-state index contributed by atoms with van der Waals surface area (Å²) in [6.45, 7) is 12.0. The third-order valence-electron chi connectivity index (χ3n) is 0. The minimum absolute atomic E-state index is 0. The van der Waals surface area contributed by atoms with E-state index in [0.717, 1.165) is 0 Å². The van der Waals surface area contributed by atoms with E-state index in [9.17, 15) is 0 Å². The van der Waals surface area contributed by atoms with E-state index in [0.29, 0.717) is 0 Å². The standard InChI is InChI=1S/3C2H6.2H3O4P.H3P/c3*1-2;2*1-5(2,3)4;/h3*1-2H3;2*(H3,1,2,3,4);1H3. The first-order valence-corrected chi connectivity index (χ1v) is 7.70. The van der Waals surface area contributed by atoms with E-state index in [-0.39, 0.29) is 9.90 Å². The van der Waals surface area contributed by atoms with Crippen molar-refractivity contribution < 1.29 is 38.5 Å². The second-order valence-electron chi connectivity index (χ2n) is 1.03. The van der Waals surface area contributed by atoms with Gasteiger partial charge in [-0.1, -0.05) is 41.5 Å². The Kier molecular flexibility index (Phi) is 54.0. The van der Waals surface area contributed by atoms with Crippen molar-refractivity contribution in [1.29, 1.82) is 0 Å². The van der Waals surface area contributed by atoms with E-state index in [1.807, 2.05) is 41.5 Å². The Morgan fingerprint density at radius 3 is 0.529 bits per heavy atom. The summed E-state index contributed by atoms with van der Waals surface area (Å²) in [6, 6.07) is 0. The van der Waals surface area contributed by atoms with Gasteiger partial charge in [-0.2, -0.15) is 9.90 Å². The van der Waals surface area contributed by atoms with Crippen LogP contribution in [0.15, 0.2) is 0 Å². The zero-order chi connectivity index (χ0) is 15.0. The highest BCUT2D eigenvalue weighted by Crippen LogP contribution is 2.26. The molecule has 17 heavy (non-hydrogen) atoms. The van der Waals surface area contributed by atoms with E-state index in [4.69, 9.17) is 38.5 Å². The summed E-state index contributed by atoms with van der Waals surface area (Å²) in [5, 5.41) is 0. The minimum atomic E-state index is -4.64. The van der Waals surface area contributed by atoms with E-state index < -0.39 is 15.6 Å². The monoisotopic (exact) mass is 320 g/mol. The fraction of sp³-hybridized carbons (Fsp3) is 1.00. The fourth-order valence-corrected chi connectivity index (χ4v) is 0. The maximum absolute atomic E-state index is 8.88. The molecule has 8 nitrogen and oxygen atoms in total. The topological polar surface area (TPSA) is 156 Å². The van der Waals surface area contributed by atoms with Gasteiger partial charge < -0.3 is 29.4 Å². The molecular formula is C6H27O8P3. The third-order valence-corrected chi connectivity index (χ3v) is 0. The average molecular weight is 320 g/mol. The first-order chi connectivity index (χ1) is 7.00. The van der Waals surface area contributed by atoms with Gasteiger partial charge >= 0.3 is 15.6 Å². The Hall–Kier alpha value is 0.650.